The molecule has 3 nitrogen and oxygen atoms in total. The molecule has 17 heavy (non-hydrogen) atoms. The topological polar surface area (TPSA) is 43.4 Å². The van der Waals surface area contributed by atoms with Gasteiger partial charge in [0.25, 0.3) is 0 Å². The Morgan fingerprint density at radius 3 is 2.71 bits per heavy atom. The van der Waals surface area contributed by atoms with Crippen molar-refractivity contribution in [2.75, 3.05) is 6.61 Å². The zero-order valence-electron chi connectivity index (χ0n) is 10.4. The van der Waals surface area contributed by atoms with Crippen LogP contribution in [0.3, 0.4) is 0 Å². The van der Waals surface area contributed by atoms with Gasteiger partial charge in [-0.05, 0) is 37.7 Å². The van der Waals surface area contributed by atoms with Crippen LogP contribution in [0.25, 0.3) is 0 Å². The zero-order valence-corrected chi connectivity index (χ0v) is 10.4. The van der Waals surface area contributed by atoms with Crippen LogP contribution in [0.4, 0.5) is 0 Å². The highest BCUT2D eigenvalue weighted by atomic mass is 16.5. The van der Waals surface area contributed by atoms with Crippen molar-refractivity contribution in [3.8, 4) is 0 Å². The Morgan fingerprint density at radius 1 is 1.35 bits per heavy atom. The number of esters is 1. The molecule has 2 aliphatic rings. The minimum Gasteiger partial charge on any atom is -0.465 e. The lowest BCUT2D eigenvalue weighted by Gasteiger charge is -2.22. The van der Waals surface area contributed by atoms with Crippen molar-refractivity contribution in [3.05, 3.63) is 11.6 Å². The van der Waals surface area contributed by atoms with Crippen molar-refractivity contribution in [2.24, 2.45) is 11.8 Å². The highest BCUT2D eigenvalue weighted by Crippen LogP contribution is 2.35. The van der Waals surface area contributed by atoms with Crippen LogP contribution < -0.4 is 0 Å². The molecule has 0 aromatic heterocycles. The maximum absolute atomic E-state index is 12.2. The fourth-order valence-electron chi connectivity index (χ4n) is 2.88. The van der Waals surface area contributed by atoms with Gasteiger partial charge in [-0.25, -0.2) is 0 Å². The van der Waals surface area contributed by atoms with Gasteiger partial charge in [0.05, 0.1) is 6.61 Å². The van der Waals surface area contributed by atoms with E-state index in [2.05, 4.69) is 0 Å². The number of ether oxygens (including phenoxy) is 1. The predicted molar refractivity (Wildman–Crippen MR) is 64.4 cm³/mol. The van der Waals surface area contributed by atoms with E-state index in [1.165, 1.54) is 19.3 Å². The highest BCUT2D eigenvalue weighted by Gasteiger charge is 2.37. The summed E-state index contributed by atoms with van der Waals surface area (Å²) >= 11 is 0. The van der Waals surface area contributed by atoms with Gasteiger partial charge in [-0.2, -0.15) is 0 Å². The fourth-order valence-corrected chi connectivity index (χ4v) is 2.88. The van der Waals surface area contributed by atoms with Crippen molar-refractivity contribution in [2.45, 2.75) is 45.4 Å². The van der Waals surface area contributed by atoms with E-state index >= 15 is 0 Å². The van der Waals surface area contributed by atoms with Crippen LogP contribution in [0.1, 0.15) is 45.4 Å². The number of carbonyl (C=O) groups excluding carboxylic acids is 2. The van der Waals surface area contributed by atoms with Gasteiger partial charge in [-0.1, -0.05) is 25.3 Å². The van der Waals surface area contributed by atoms with Gasteiger partial charge < -0.3 is 4.74 Å². The summed E-state index contributed by atoms with van der Waals surface area (Å²) in [5, 5.41) is 0. The molecule has 3 heteroatoms. The Kier molecular flexibility index (Phi) is 3.97. The van der Waals surface area contributed by atoms with Crippen LogP contribution in [-0.4, -0.2) is 18.4 Å². The lowest BCUT2D eigenvalue weighted by molar-refractivity contribution is -0.150. The fraction of sp³-hybridized carbons (Fsp3) is 0.714. The van der Waals surface area contributed by atoms with Gasteiger partial charge in [0.15, 0.2) is 5.78 Å². The minimum absolute atomic E-state index is 0.0235. The Labute approximate surface area is 102 Å². The molecule has 1 fully saturated rings. The molecule has 0 aromatic carbocycles. The van der Waals surface area contributed by atoms with Crippen LogP contribution in [0.2, 0.25) is 0 Å². The number of hydrogen-bond acceptors (Lipinski definition) is 3. The largest absolute Gasteiger partial charge is 0.465 e. The van der Waals surface area contributed by atoms with E-state index in [1.807, 2.05) is 6.08 Å². The number of hydrogen-bond donors (Lipinski definition) is 0. The Bertz CT molecular complexity index is 337. The molecule has 0 heterocycles. The molecule has 2 rings (SSSR count). The summed E-state index contributed by atoms with van der Waals surface area (Å²) in [4.78, 5) is 23.8. The molecule has 2 aliphatic carbocycles. The summed E-state index contributed by atoms with van der Waals surface area (Å²) in [5.41, 5.74) is 0.905. The number of rotatable bonds is 3. The van der Waals surface area contributed by atoms with Gasteiger partial charge in [-0.3, -0.25) is 9.59 Å². The molecule has 0 aromatic rings. The summed E-state index contributed by atoms with van der Waals surface area (Å²) in [6.45, 7) is 2.12. The molecule has 0 N–H and O–H groups in total. The second-order valence-corrected chi connectivity index (χ2v) is 4.90. The van der Waals surface area contributed by atoms with Crippen molar-refractivity contribution < 1.29 is 14.3 Å². The molecule has 1 saturated carbocycles. The SMILES string of the molecule is CCOC(=O)C1CC=C(C2CCCCC2)C1=O. The summed E-state index contributed by atoms with van der Waals surface area (Å²) in [5.74, 6) is -0.475. The van der Waals surface area contributed by atoms with E-state index in [1.54, 1.807) is 6.92 Å². The molecule has 1 unspecified atom stereocenters. The number of Topliss-reactive ketones (excluding diaryl/α,β-unsaturated/α-hetero) is 1. The smallest absolute Gasteiger partial charge is 0.317 e. The van der Waals surface area contributed by atoms with Crippen molar-refractivity contribution >= 4 is 11.8 Å². The Balaban J connectivity index is 1.98. The summed E-state index contributed by atoms with van der Waals surface area (Å²) in [7, 11) is 0. The van der Waals surface area contributed by atoms with E-state index in [4.69, 9.17) is 4.74 Å². The molecule has 0 saturated heterocycles. The minimum atomic E-state index is -0.549. The van der Waals surface area contributed by atoms with Crippen LogP contribution in [0.5, 0.6) is 0 Å². The van der Waals surface area contributed by atoms with Crippen molar-refractivity contribution in [3.63, 3.8) is 0 Å². The number of allylic oxidation sites excluding steroid dienone is 2. The second-order valence-electron chi connectivity index (χ2n) is 4.90. The third kappa shape index (κ3) is 2.59. The molecule has 0 aliphatic heterocycles. The van der Waals surface area contributed by atoms with Crippen molar-refractivity contribution in [1.82, 2.24) is 0 Å². The second kappa shape index (κ2) is 5.48. The first-order valence-corrected chi connectivity index (χ1v) is 6.65. The van der Waals surface area contributed by atoms with Crippen LogP contribution >= 0.6 is 0 Å². The Morgan fingerprint density at radius 2 is 2.06 bits per heavy atom. The Hall–Kier alpha value is -1.12. The summed E-state index contributed by atoms with van der Waals surface area (Å²) in [6.07, 6.45) is 8.42. The van der Waals surface area contributed by atoms with Gasteiger partial charge in [0.1, 0.15) is 5.92 Å². The van der Waals surface area contributed by atoms with E-state index in [0.717, 1.165) is 18.4 Å². The van der Waals surface area contributed by atoms with Gasteiger partial charge in [0, 0.05) is 0 Å². The van der Waals surface area contributed by atoms with E-state index in [0.29, 0.717) is 18.9 Å². The number of ketones is 1. The number of carbonyl (C=O) groups is 2. The van der Waals surface area contributed by atoms with Crippen molar-refractivity contribution in [1.29, 1.82) is 0 Å². The lowest BCUT2D eigenvalue weighted by atomic mass is 9.82. The first kappa shape index (κ1) is 12.3. The van der Waals surface area contributed by atoms with E-state index in [-0.39, 0.29) is 11.8 Å². The third-order valence-electron chi connectivity index (χ3n) is 3.79. The van der Waals surface area contributed by atoms with E-state index < -0.39 is 5.92 Å². The van der Waals surface area contributed by atoms with Crippen LogP contribution in [0.15, 0.2) is 11.6 Å². The molecule has 1 atom stereocenters. The molecular formula is C14H20O3. The van der Waals surface area contributed by atoms with E-state index in [9.17, 15) is 9.59 Å². The molecule has 0 bridgehead atoms. The monoisotopic (exact) mass is 236 g/mol. The predicted octanol–water partition coefficient (Wildman–Crippen LogP) is 2.65. The molecule has 0 amide bonds. The van der Waals surface area contributed by atoms with Crippen LogP contribution in [0, 0.1) is 11.8 Å². The average Bonchev–Trinajstić information content (AvgIpc) is 2.72. The van der Waals surface area contributed by atoms with Crippen LogP contribution in [-0.2, 0) is 14.3 Å². The molecule has 94 valence electrons. The average molecular weight is 236 g/mol. The first-order valence-electron chi connectivity index (χ1n) is 6.65. The van der Waals surface area contributed by atoms with Gasteiger partial charge in [0.2, 0.25) is 0 Å². The highest BCUT2D eigenvalue weighted by molar-refractivity contribution is 6.10. The summed E-state index contributed by atoms with van der Waals surface area (Å²) < 4.78 is 4.94. The summed E-state index contributed by atoms with van der Waals surface area (Å²) in [6, 6.07) is 0. The van der Waals surface area contributed by atoms with Gasteiger partial charge >= 0.3 is 5.97 Å². The lowest BCUT2D eigenvalue weighted by Crippen LogP contribution is -2.25. The maximum atomic E-state index is 12.2. The zero-order chi connectivity index (χ0) is 12.3. The third-order valence-corrected chi connectivity index (χ3v) is 3.79. The standard InChI is InChI=1S/C14H20O3/c1-2-17-14(16)12-9-8-11(13(12)15)10-6-4-3-5-7-10/h8,10,12H,2-7,9H2,1H3. The molecule has 0 spiro atoms. The maximum Gasteiger partial charge on any atom is 0.317 e. The first-order chi connectivity index (χ1) is 8.24. The normalized spacial score (nSPS) is 25.8. The quantitative estimate of drug-likeness (QED) is 0.559. The van der Waals surface area contributed by atoms with Gasteiger partial charge in [-0.15, -0.1) is 0 Å². The molecular weight excluding hydrogens is 216 g/mol. The molecule has 0 radical (unpaired) electrons.